The van der Waals surface area contributed by atoms with Crippen LogP contribution in [-0.2, 0) is 11.8 Å². The van der Waals surface area contributed by atoms with Gasteiger partial charge in [-0.2, -0.15) is 13.2 Å². The van der Waals surface area contributed by atoms with Gasteiger partial charge in [0.25, 0.3) is 0 Å². The molecule has 2 aromatic rings. The average molecular weight is 481 g/mol. The Morgan fingerprint density at radius 3 is 2.50 bits per heavy atom. The number of piperidine rings is 1. The first-order valence-corrected chi connectivity index (χ1v) is 11.7. The van der Waals surface area contributed by atoms with Gasteiger partial charge in [-0.3, -0.25) is 4.79 Å². The van der Waals surface area contributed by atoms with Crippen LogP contribution in [0.5, 0.6) is 0 Å². The summed E-state index contributed by atoms with van der Waals surface area (Å²) in [7, 11) is 0. The van der Waals surface area contributed by atoms with Crippen LogP contribution in [0.3, 0.4) is 0 Å². The summed E-state index contributed by atoms with van der Waals surface area (Å²) in [6, 6.07) is 9.64. The highest BCUT2D eigenvalue weighted by molar-refractivity contribution is 5.96. The number of alkyl halides is 3. The Morgan fingerprint density at radius 1 is 1.18 bits per heavy atom. The number of rotatable bonds is 9. The number of anilines is 1. The lowest BCUT2D eigenvalue weighted by atomic mass is 9.83. The number of hydrogen-bond donors (Lipinski definition) is 2. The molecule has 1 unspecified atom stereocenters. The monoisotopic (exact) mass is 480 g/mol. The molecule has 8 heteroatoms. The van der Waals surface area contributed by atoms with E-state index in [0.717, 1.165) is 18.6 Å². The van der Waals surface area contributed by atoms with E-state index in [1.165, 1.54) is 24.3 Å². The van der Waals surface area contributed by atoms with Crippen molar-refractivity contribution in [3.05, 3.63) is 65.0 Å². The van der Waals surface area contributed by atoms with Crippen molar-refractivity contribution in [2.24, 2.45) is 0 Å². The maximum atomic E-state index is 14.4. The molecule has 1 aliphatic heterocycles. The quantitative estimate of drug-likeness (QED) is 0.341. The van der Waals surface area contributed by atoms with Gasteiger partial charge in [0.15, 0.2) is 5.78 Å². The largest absolute Gasteiger partial charge is 0.416 e. The molecule has 1 aliphatic rings. The zero-order valence-electron chi connectivity index (χ0n) is 19.6. The smallest absolute Gasteiger partial charge is 0.385 e. The Bertz CT molecular complexity index is 985. The fourth-order valence-corrected chi connectivity index (χ4v) is 4.24. The fourth-order valence-electron chi connectivity index (χ4n) is 4.24. The number of nitrogens with one attached hydrogen (secondary N) is 1. The van der Waals surface area contributed by atoms with Crippen molar-refractivity contribution in [3.63, 3.8) is 0 Å². The van der Waals surface area contributed by atoms with E-state index in [4.69, 9.17) is 0 Å². The molecule has 2 aromatic carbocycles. The van der Waals surface area contributed by atoms with E-state index in [-0.39, 0.29) is 29.4 Å². The molecule has 1 fully saturated rings. The number of benzene rings is 2. The van der Waals surface area contributed by atoms with E-state index < -0.39 is 23.2 Å². The number of Topliss-reactive ketones (excluding diaryl/α,β-unsaturated/α-hetero) is 1. The third-order valence-corrected chi connectivity index (χ3v) is 6.58. The third-order valence-electron chi connectivity index (χ3n) is 6.58. The van der Waals surface area contributed by atoms with Gasteiger partial charge in [-0.1, -0.05) is 19.1 Å². The molecular formula is C26H32F4N2O2. The molecule has 0 spiro atoms. The highest BCUT2D eigenvalue weighted by Crippen LogP contribution is 2.36. The van der Waals surface area contributed by atoms with Gasteiger partial charge in [0, 0.05) is 31.2 Å². The zero-order chi connectivity index (χ0) is 24.9. The van der Waals surface area contributed by atoms with Crippen LogP contribution in [0.15, 0.2) is 42.5 Å². The van der Waals surface area contributed by atoms with Gasteiger partial charge in [-0.25, -0.2) is 4.39 Å². The number of hydrogen-bond acceptors (Lipinski definition) is 4. The van der Waals surface area contributed by atoms with E-state index in [2.05, 4.69) is 10.2 Å². The number of carbonyl (C=O) groups excluding carboxylic acids is 1. The molecule has 34 heavy (non-hydrogen) atoms. The summed E-state index contributed by atoms with van der Waals surface area (Å²) in [4.78, 5) is 14.6. The van der Waals surface area contributed by atoms with E-state index in [1.807, 2.05) is 13.8 Å². The molecular weight excluding hydrogens is 448 g/mol. The highest BCUT2D eigenvalue weighted by Gasteiger charge is 2.37. The Kier molecular flexibility index (Phi) is 8.36. The van der Waals surface area contributed by atoms with Gasteiger partial charge in [-0.15, -0.1) is 0 Å². The molecule has 0 aromatic heterocycles. The van der Waals surface area contributed by atoms with Crippen molar-refractivity contribution in [1.82, 2.24) is 4.90 Å². The summed E-state index contributed by atoms with van der Waals surface area (Å²) in [5.41, 5.74) is -1.08. The topological polar surface area (TPSA) is 52.6 Å². The number of halogens is 4. The zero-order valence-corrected chi connectivity index (χ0v) is 19.6. The predicted octanol–water partition coefficient (Wildman–Crippen LogP) is 6.00. The Hall–Kier alpha value is -2.45. The molecule has 2 N–H and O–H groups in total. The molecule has 0 radical (unpaired) electrons. The van der Waals surface area contributed by atoms with Crippen molar-refractivity contribution in [3.8, 4) is 0 Å². The molecule has 0 bridgehead atoms. The summed E-state index contributed by atoms with van der Waals surface area (Å²) in [5, 5.41) is 14.1. The lowest BCUT2D eigenvalue weighted by molar-refractivity contribution is -0.137. The Morgan fingerprint density at radius 2 is 1.88 bits per heavy atom. The minimum atomic E-state index is -4.45. The van der Waals surface area contributed by atoms with Crippen LogP contribution in [0.4, 0.5) is 23.2 Å². The summed E-state index contributed by atoms with van der Waals surface area (Å²) >= 11 is 0. The number of likely N-dealkylation sites (tertiary alicyclic amines) is 1. The van der Waals surface area contributed by atoms with Crippen LogP contribution in [0.2, 0.25) is 0 Å². The maximum Gasteiger partial charge on any atom is 0.416 e. The van der Waals surface area contributed by atoms with Crippen molar-refractivity contribution in [1.29, 1.82) is 0 Å². The number of ketones is 1. The number of aliphatic hydroxyl groups is 1. The van der Waals surface area contributed by atoms with E-state index in [9.17, 15) is 27.5 Å². The fraction of sp³-hybridized carbons (Fsp3) is 0.500. The minimum absolute atomic E-state index is 0.0762. The van der Waals surface area contributed by atoms with Crippen LogP contribution < -0.4 is 5.32 Å². The second-order valence-electron chi connectivity index (χ2n) is 9.13. The third kappa shape index (κ3) is 6.57. The van der Waals surface area contributed by atoms with Gasteiger partial charge >= 0.3 is 6.18 Å². The normalized spacial score (nSPS) is 17.4. The van der Waals surface area contributed by atoms with Crippen molar-refractivity contribution in [2.75, 3.05) is 25.0 Å². The average Bonchev–Trinajstić information content (AvgIpc) is 2.80. The van der Waals surface area contributed by atoms with Crippen molar-refractivity contribution >= 4 is 11.5 Å². The van der Waals surface area contributed by atoms with Crippen LogP contribution in [0, 0.1) is 5.82 Å². The maximum absolute atomic E-state index is 14.4. The minimum Gasteiger partial charge on any atom is -0.385 e. The SMILES string of the molecule is CCC(C)Nc1ccc(C(=O)CCCN2CCC(O)(c3cccc(C(F)(F)F)c3)CC2)c(F)c1. The van der Waals surface area contributed by atoms with Crippen LogP contribution in [0.25, 0.3) is 0 Å². The van der Waals surface area contributed by atoms with Gasteiger partial charge in [-0.05, 0) is 75.0 Å². The standard InChI is InChI=1S/C26H32F4N2O2/c1-3-18(2)31-21-9-10-22(23(27)17-21)24(33)8-5-13-32-14-11-25(34,12-15-32)19-6-4-7-20(16-19)26(28,29)30/h4,6-7,9-10,16-18,31,34H,3,5,8,11-15H2,1-2H3. The summed E-state index contributed by atoms with van der Waals surface area (Å²) in [5.74, 6) is -0.799. The molecule has 1 saturated heterocycles. The van der Waals surface area contributed by atoms with Crippen molar-refractivity contribution in [2.45, 2.75) is 63.8 Å². The molecule has 1 atom stereocenters. The van der Waals surface area contributed by atoms with Gasteiger partial charge in [0.1, 0.15) is 5.82 Å². The summed E-state index contributed by atoms with van der Waals surface area (Å²) < 4.78 is 53.5. The first kappa shape index (κ1) is 26.2. The predicted molar refractivity (Wildman–Crippen MR) is 124 cm³/mol. The first-order chi connectivity index (χ1) is 16.0. The lowest BCUT2D eigenvalue weighted by Crippen LogP contribution is -2.43. The summed E-state index contributed by atoms with van der Waals surface area (Å²) in [6.45, 7) is 5.63. The first-order valence-electron chi connectivity index (χ1n) is 11.7. The second kappa shape index (κ2) is 10.9. The van der Waals surface area contributed by atoms with E-state index in [1.54, 1.807) is 6.07 Å². The Balaban J connectivity index is 1.49. The number of carbonyl (C=O) groups is 1. The molecule has 0 saturated carbocycles. The molecule has 0 amide bonds. The number of nitrogens with zero attached hydrogens (tertiary/aromatic N) is 1. The molecule has 3 rings (SSSR count). The van der Waals surface area contributed by atoms with E-state index >= 15 is 0 Å². The van der Waals surface area contributed by atoms with E-state index in [0.29, 0.717) is 44.6 Å². The molecule has 4 nitrogen and oxygen atoms in total. The second-order valence-corrected chi connectivity index (χ2v) is 9.13. The summed E-state index contributed by atoms with van der Waals surface area (Å²) in [6.07, 6.45) is -2.21. The van der Waals surface area contributed by atoms with Gasteiger partial charge in [0.05, 0.1) is 16.7 Å². The molecule has 0 aliphatic carbocycles. The molecule has 1 heterocycles. The van der Waals surface area contributed by atoms with Crippen LogP contribution in [0.1, 0.15) is 67.4 Å². The van der Waals surface area contributed by atoms with Crippen LogP contribution >= 0.6 is 0 Å². The van der Waals surface area contributed by atoms with Gasteiger partial charge < -0.3 is 15.3 Å². The highest BCUT2D eigenvalue weighted by atomic mass is 19.4. The van der Waals surface area contributed by atoms with Crippen molar-refractivity contribution < 1.29 is 27.5 Å². The lowest BCUT2D eigenvalue weighted by Gasteiger charge is -2.38. The molecule has 186 valence electrons. The Labute approximate surface area is 198 Å². The van der Waals surface area contributed by atoms with Gasteiger partial charge in [0.2, 0.25) is 0 Å². The van der Waals surface area contributed by atoms with Crippen LogP contribution in [-0.4, -0.2) is 41.5 Å².